The van der Waals surface area contributed by atoms with E-state index in [1.165, 1.54) is 28.6 Å². The number of aliphatic carboxylic acids is 1. The van der Waals surface area contributed by atoms with Crippen LogP contribution in [-0.4, -0.2) is 36.9 Å². The number of carbonyl (C=O) groups is 1. The molecule has 0 saturated carbocycles. The van der Waals surface area contributed by atoms with Gasteiger partial charge in [-0.1, -0.05) is 11.6 Å². The first-order chi connectivity index (χ1) is 8.91. The van der Waals surface area contributed by atoms with Crippen LogP contribution in [0.15, 0.2) is 29.2 Å². The number of piperidine rings is 1. The Kier molecular flexibility index (Phi) is 4.13. The summed E-state index contributed by atoms with van der Waals surface area (Å²) in [4.78, 5) is 11.0. The lowest BCUT2D eigenvalue weighted by Crippen LogP contribution is -2.40. The van der Waals surface area contributed by atoms with Crippen molar-refractivity contribution < 1.29 is 18.3 Å². The molecule has 1 heterocycles. The Labute approximate surface area is 116 Å². The summed E-state index contributed by atoms with van der Waals surface area (Å²) in [5.41, 5.74) is 0. The predicted molar refractivity (Wildman–Crippen MR) is 70.6 cm³/mol. The lowest BCUT2D eigenvalue weighted by molar-refractivity contribution is -0.142. The van der Waals surface area contributed by atoms with Crippen molar-refractivity contribution in [1.82, 2.24) is 4.31 Å². The summed E-state index contributed by atoms with van der Waals surface area (Å²) < 4.78 is 25.9. The highest BCUT2D eigenvalue weighted by Crippen LogP contribution is 2.24. The third-order valence-corrected chi connectivity index (χ3v) is 5.42. The van der Waals surface area contributed by atoms with Crippen LogP contribution in [0.4, 0.5) is 0 Å². The van der Waals surface area contributed by atoms with Crippen LogP contribution in [0.5, 0.6) is 0 Å². The van der Waals surface area contributed by atoms with E-state index in [0.717, 1.165) is 0 Å². The maximum atomic E-state index is 12.3. The Morgan fingerprint density at radius 1 is 1.21 bits per heavy atom. The zero-order valence-corrected chi connectivity index (χ0v) is 11.7. The normalized spacial score (nSPS) is 18.4. The van der Waals surface area contributed by atoms with Gasteiger partial charge >= 0.3 is 5.97 Å². The third kappa shape index (κ3) is 3.08. The molecule has 1 aliphatic heterocycles. The summed E-state index contributed by atoms with van der Waals surface area (Å²) in [7, 11) is -3.55. The van der Waals surface area contributed by atoms with Crippen LogP contribution in [0.1, 0.15) is 12.8 Å². The molecule has 0 spiro atoms. The van der Waals surface area contributed by atoms with Crippen LogP contribution in [0.3, 0.4) is 0 Å². The van der Waals surface area contributed by atoms with E-state index in [9.17, 15) is 13.2 Å². The van der Waals surface area contributed by atoms with Crippen molar-refractivity contribution >= 4 is 27.6 Å². The maximum absolute atomic E-state index is 12.3. The van der Waals surface area contributed by atoms with Gasteiger partial charge in [0.1, 0.15) is 0 Å². The van der Waals surface area contributed by atoms with Crippen LogP contribution >= 0.6 is 11.6 Å². The molecule has 1 aromatic rings. The van der Waals surface area contributed by atoms with Crippen LogP contribution in [-0.2, 0) is 14.8 Å². The SMILES string of the molecule is O=C(O)C1CCN(S(=O)(=O)c2ccc(Cl)cc2)CC1. The highest BCUT2D eigenvalue weighted by Gasteiger charge is 2.31. The molecule has 0 unspecified atom stereocenters. The van der Waals surface area contributed by atoms with Gasteiger partial charge in [0.2, 0.25) is 10.0 Å². The molecule has 104 valence electrons. The third-order valence-electron chi connectivity index (χ3n) is 3.25. The van der Waals surface area contributed by atoms with Gasteiger partial charge in [0.05, 0.1) is 10.8 Å². The molecule has 1 aliphatic rings. The van der Waals surface area contributed by atoms with E-state index in [1.54, 1.807) is 0 Å². The van der Waals surface area contributed by atoms with Crippen molar-refractivity contribution in [2.24, 2.45) is 5.92 Å². The monoisotopic (exact) mass is 303 g/mol. The molecular formula is C12H14ClNO4S. The highest BCUT2D eigenvalue weighted by molar-refractivity contribution is 7.89. The van der Waals surface area contributed by atoms with Gasteiger partial charge in [-0.2, -0.15) is 4.31 Å². The molecule has 0 aromatic heterocycles. The Hall–Kier alpha value is -1.11. The van der Waals surface area contributed by atoms with Gasteiger partial charge in [-0.15, -0.1) is 0 Å². The van der Waals surface area contributed by atoms with E-state index in [4.69, 9.17) is 16.7 Å². The maximum Gasteiger partial charge on any atom is 0.306 e. The lowest BCUT2D eigenvalue weighted by atomic mass is 9.99. The van der Waals surface area contributed by atoms with Gasteiger partial charge in [-0.3, -0.25) is 4.79 Å². The van der Waals surface area contributed by atoms with Gasteiger partial charge < -0.3 is 5.11 Å². The number of sulfonamides is 1. The van der Waals surface area contributed by atoms with Crippen LogP contribution in [0, 0.1) is 5.92 Å². The summed E-state index contributed by atoms with van der Waals surface area (Å²) in [6.07, 6.45) is 0.699. The van der Waals surface area contributed by atoms with E-state index < -0.39 is 21.9 Å². The second kappa shape index (κ2) is 5.48. The number of carboxylic acid groups (broad SMARTS) is 1. The zero-order valence-electron chi connectivity index (χ0n) is 10.1. The fourth-order valence-electron chi connectivity index (χ4n) is 2.10. The van der Waals surface area contributed by atoms with Crippen molar-refractivity contribution in [1.29, 1.82) is 0 Å². The standard InChI is InChI=1S/C12H14ClNO4S/c13-10-1-3-11(4-2-10)19(17,18)14-7-5-9(6-8-14)12(15)16/h1-4,9H,5-8H2,(H,15,16). The first-order valence-corrected chi connectivity index (χ1v) is 7.71. The Bertz CT molecular complexity index is 562. The van der Waals surface area contributed by atoms with E-state index in [0.29, 0.717) is 17.9 Å². The number of nitrogens with zero attached hydrogens (tertiary/aromatic N) is 1. The molecule has 0 atom stereocenters. The number of benzene rings is 1. The number of carboxylic acids is 1. The second-order valence-corrected chi connectivity index (χ2v) is 6.84. The molecular weight excluding hydrogens is 290 g/mol. The van der Waals surface area contributed by atoms with Crippen molar-refractivity contribution in [3.63, 3.8) is 0 Å². The Morgan fingerprint density at radius 2 is 1.74 bits per heavy atom. The van der Waals surface area contributed by atoms with Crippen LogP contribution in [0.25, 0.3) is 0 Å². The Balaban J connectivity index is 2.14. The molecule has 0 aliphatic carbocycles. The van der Waals surface area contributed by atoms with Gasteiger partial charge in [0, 0.05) is 18.1 Å². The molecule has 0 radical (unpaired) electrons. The fourth-order valence-corrected chi connectivity index (χ4v) is 3.69. The largest absolute Gasteiger partial charge is 0.481 e. The van der Waals surface area contributed by atoms with E-state index in [1.807, 2.05) is 0 Å². The highest BCUT2D eigenvalue weighted by atomic mass is 35.5. The smallest absolute Gasteiger partial charge is 0.306 e. The molecule has 0 amide bonds. The fraction of sp³-hybridized carbons (Fsp3) is 0.417. The average molecular weight is 304 g/mol. The quantitative estimate of drug-likeness (QED) is 0.924. The van der Waals surface area contributed by atoms with E-state index in [2.05, 4.69) is 0 Å². The van der Waals surface area contributed by atoms with Gasteiger partial charge in [-0.25, -0.2) is 8.42 Å². The summed E-state index contributed by atoms with van der Waals surface area (Å²) in [5.74, 6) is -1.31. The van der Waals surface area contributed by atoms with E-state index in [-0.39, 0.29) is 18.0 Å². The van der Waals surface area contributed by atoms with Crippen molar-refractivity contribution in [2.75, 3.05) is 13.1 Å². The lowest BCUT2D eigenvalue weighted by Gasteiger charge is -2.29. The molecule has 5 nitrogen and oxygen atoms in total. The summed E-state index contributed by atoms with van der Waals surface area (Å²) in [6.45, 7) is 0.476. The first kappa shape index (κ1) is 14.3. The minimum Gasteiger partial charge on any atom is -0.481 e. The topological polar surface area (TPSA) is 74.7 Å². The van der Waals surface area contributed by atoms with Gasteiger partial charge in [-0.05, 0) is 37.1 Å². The van der Waals surface area contributed by atoms with Gasteiger partial charge in [0.25, 0.3) is 0 Å². The molecule has 1 aromatic carbocycles. The number of hydrogen-bond acceptors (Lipinski definition) is 3. The number of halogens is 1. The molecule has 1 saturated heterocycles. The minimum atomic E-state index is -3.55. The first-order valence-electron chi connectivity index (χ1n) is 5.90. The van der Waals surface area contributed by atoms with Gasteiger partial charge in [0.15, 0.2) is 0 Å². The van der Waals surface area contributed by atoms with Crippen molar-refractivity contribution in [3.8, 4) is 0 Å². The molecule has 19 heavy (non-hydrogen) atoms. The molecule has 1 N–H and O–H groups in total. The minimum absolute atomic E-state index is 0.186. The van der Waals surface area contributed by atoms with Crippen molar-refractivity contribution in [2.45, 2.75) is 17.7 Å². The summed E-state index contributed by atoms with van der Waals surface area (Å²) in [6, 6.07) is 5.97. The summed E-state index contributed by atoms with van der Waals surface area (Å²) >= 11 is 5.73. The molecule has 7 heteroatoms. The van der Waals surface area contributed by atoms with Crippen molar-refractivity contribution in [3.05, 3.63) is 29.3 Å². The molecule has 1 fully saturated rings. The molecule has 2 rings (SSSR count). The zero-order chi connectivity index (χ0) is 14.0. The molecule has 0 bridgehead atoms. The number of rotatable bonds is 3. The Morgan fingerprint density at radius 3 is 2.21 bits per heavy atom. The predicted octanol–water partition coefficient (Wildman–Crippen LogP) is 1.83. The number of hydrogen-bond donors (Lipinski definition) is 1. The van der Waals surface area contributed by atoms with Crippen LogP contribution in [0.2, 0.25) is 5.02 Å². The average Bonchev–Trinajstić information content (AvgIpc) is 2.39. The summed E-state index contributed by atoms with van der Waals surface area (Å²) in [5, 5.41) is 9.37. The van der Waals surface area contributed by atoms with Crippen LogP contribution < -0.4 is 0 Å². The second-order valence-electron chi connectivity index (χ2n) is 4.47. The van der Waals surface area contributed by atoms with E-state index >= 15 is 0 Å².